The van der Waals surface area contributed by atoms with Gasteiger partial charge in [0.25, 0.3) is 5.56 Å². The van der Waals surface area contributed by atoms with E-state index in [9.17, 15) is 14.4 Å². The zero-order valence-corrected chi connectivity index (χ0v) is 16.2. The van der Waals surface area contributed by atoms with Crippen molar-refractivity contribution in [2.75, 3.05) is 5.32 Å². The second kappa shape index (κ2) is 8.57. The van der Waals surface area contributed by atoms with E-state index in [-0.39, 0.29) is 30.2 Å². The molecule has 0 atom stereocenters. The van der Waals surface area contributed by atoms with Crippen molar-refractivity contribution in [1.82, 2.24) is 14.8 Å². The number of aromatic nitrogens is 3. The molecule has 0 unspecified atom stereocenters. The number of thiazole rings is 1. The fourth-order valence-corrected chi connectivity index (χ4v) is 3.08. The summed E-state index contributed by atoms with van der Waals surface area (Å²) in [7, 11) is 1.45. The highest BCUT2D eigenvalue weighted by Crippen LogP contribution is 2.14. The summed E-state index contributed by atoms with van der Waals surface area (Å²) < 4.78 is 6.22. The molecule has 9 heteroatoms. The van der Waals surface area contributed by atoms with E-state index in [0.29, 0.717) is 10.7 Å². The highest BCUT2D eigenvalue weighted by atomic mass is 32.1. The maximum atomic E-state index is 12.1. The van der Waals surface area contributed by atoms with E-state index in [2.05, 4.69) is 15.4 Å². The van der Waals surface area contributed by atoms with Crippen LogP contribution in [0, 0.1) is 6.92 Å². The number of esters is 1. The summed E-state index contributed by atoms with van der Waals surface area (Å²) in [6.07, 6.45) is 0.134. The quantitative estimate of drug-likeness (QED) is 0.638. The largest absolute Gasteiger partial charge is 0.454 e. The van der Waals surface area contributed by atoms with Crippen LogP contribution in [-0.4, -0.2) is 26.6 Å². The van der Waals surface area contributed by atoms with E-state index in [1.165, 1.54) is 30.5 Å². The number of nitrogens with one attached hydrogen (secondary N) is 1. The van der Waals surface area contributed by atoms with E-state index in [4.69, 9.17) is 4.74 Å². The minimum Gasteiger partial charge on any atom is -0.454 e. The second-order valence-electron chi connectivity index (χ2n) is 6.08. The maximum absolute atomic E-state index is 12.1. The number of carbonyl (C=O) groups is 2. The van der Waals surface area contributed by atoms with Crippen molar-refractivity contribution in [3.8, 4) is 0 Å². The zero-order valence-electron chi connectivity index (χ0n) is 15.3. The van der Waals surface area contributed by atoms with Crippen LogP contribution in [-0.2, 0) is 29.6 Å². The summed E-state index contributed by atoms with van der Waals surface area (Å²) in [4.78, 5) is 39.7. The van der Waals surface area contributed by atoms with Gasteiger partial charge < -0.3 is 10.1 Å². The first-order chi connectivity index (χ1) is 13.4. The molecule has 2 heterocycles. The number of ether oxygens (including phenoxy) is 1. The summed E-state index contributed by atoms with van der Waals surface area (Å²) in [5.41, 5.74) is 2.11. The number of rotatable bonds is 6. The molecule has 0 aliphatic carbocycles. The number of amides is 1. The molecule has 0 aliphatic rings. The van der Waals surface area contributed by atoms with Crippen molar-refractivity contribution in [3.05, 3.63) is 74.1 Å². The second-order valence-corrected chi connectivity index (χ2v) is 7.02. The SMILES string of the molecule is Cc1ccc(NC(=O)Cc2nc(COC(=O)c3ccc(=O)n(C)n3)cs2)cc1. The third-order valence-corrected chi connectivity index (χ3v) is 4.66. The van der Waals surface area contributed by atoms with Crippen LogP contribution in [0.1, 0.15) is 26.8 Å². The molecule has 0 radical (unpaired) electrons. The Morgan fingerprint density at radius 2 is 1.93 bits per heavy atom. The van der Waals surface area contributed by atoms with Crippen molar-refractivity contribution in [3.63, 3.8) is 0 Å². The molecule has 28 heavy (non-hydrogen) atoms. The molecule has 8 nitrogen and oxygen atoms in total. The molecular formula is C19H18N4O4S. The lowest BCUT2D eigenvalue weighted by Crippen LogP contribution is -2.21. The van der Waals surface area contributed by atoms with Crippen LogP contribution in [0.3, 0.4) is 0 Å². The van der Waals surface area contributed by atoms with Crippen LogP contribution >= 0.6 is 11.3 Å². The Morgan fingerprint density at radius 1 is 1.18 bits per heavy atom. The number of benzene rings is 1. The van der Waals surface area contributed by atoms with Gasteiger partial charge >= 0.3 is 5.97 Å². The van der Waals surface area contributed by atoms with Gasteiger partial charge in [0.1, 0.15) is 11.6 Å². The maximum Gasteiger partial charge on any atom is 0.359 e. The topological polar surface area (TPSA) is 103 Å². The van der Waals surface area contributed by atoms with Crippen LogP contribution in [0.15, 0.2) is 46.6 Å². The van der Waals surface area contributed by atoms with E-state index in [0.717, 1.165) is 15.9 Å². The molecule has 0 aliphatic heterocycles. The van der Waals surface area contributed by atoms with Crippen LogP contribution in [0.25, 0.3) is 0 Å². The first kappa shape index (κ1) is 19.4. The molecular weight excluding hydrogens is 380 g/mol. The molecule has 0 saturated heterocycles. The molecule has 0 bridgehead atoms. The van der Waals surface area contributed by atoms with Crippen LogP contribution in [0.5, 0.6) is 0 Å². The molecule has 144 valence electrons. The summed E-state index contributed by atoms with van der Waals surface area (Å²) in [6, 6.07) is 10.1. The van der Waals surface area contributed by atoms with Crippen LogP contribution in [0.2, 0.25) is 0 Å². The van der Waals surface area contributed by atoms with Crippen LogP contribution < -0.4 is 10.9 Å². The van der Waals surface area contributed by atoms with Gasteiger partial charge in [-0.2, -0.15) is 5.10 Å². The number of aryl methyl sites for hydroxylation is 2. The summed E-state index contributed by atoms with van der Waals surface area (Å²) >= 11 is 1.32. The number of anilines is 1. The van der Waals surface area contributed by atoms with E-state index >= 15 is 0 Å². The Morgan fingerprint density at radius 3 is 2.64 bits per heavy atom. The van der Waals surface area contributed by atoms with Gasteiger partial charge in [-0.05, 0) is 25.1 Å². The molecule has 3 rings (SSSR count). The van der Waals surface area contributed by atoms with E-state index in [1.807, 2.05) is 31.2 Å². The smallest absolute Gasteiger partial charge is 0.359 e. The lowest BCUT2D eigenvalue weighted by atomic mass is 10.2. The third-order valence-electron chi connectivity index (χ3n) is 3.77. The van der Waals surface area contributed by atoms with Crippen molar-refractivity contribution in [2.24, 2.45) is 7.05 Å². The predicted molar refractivity (Wildman–Crippen MR) is 104 cm³/mol. The van der Waals surface area contributed by atoms with Crippen molar-refractivity contribution < 1.29 is 14.3 Å². The molecule has 0 spiro atoms. The molecule has 3 aromatic rings. The minimum atomic E-state index is -0.651. The Bertz CT molecular complexity index is 1060. The Labute approximate surface area is 164 Å². The van der Waals surface area contributed by atoms with Gasteiger partial charge in [0, 0.05) is 24.2 Å². The summed E-state index contributed by atoms with van der Waals surface area (Å²) in [5.74, 6) is -0.821. The Balaban J connectivity index is 1.52. The molecule has 1 amide bonds. The Kier molecular flexibility index (Phi) is 5.95. The van der Waals surface area contributed by atoms with Crippen molar-refractivity contribution in [1.29, 1.82) is 0 Å². The van der Waals surface area contributed by atoms with Crippen molar-refractivity contribution >= 4 is 28.9 Å². The predicted octanol–water partition coefficient (Wildman–Crippen LogP) is 2.08. The van der Waals surface area contributed by atoms with Gasteiger partial charge in [0.2, 0.25) is 5.91 Å². The van der Waals surface area contributed by atoms with Crippen LogP contribution in [0.4, 0.5) is 5.69 Å². The van der Waals surface area contributed by atoms with Gasteiger partial charge in [0.05, 0.1) is 12.1 Å². The fraction of sp³-hybridized carbons (Fsp3) is 0.211. The number of hydrogen-bond donors (Lipinski definition) is 1. The Hall–Kier alpha value is -3.33. The average Bonchev–Trinajstić information content (AvgIpc) is 3.11. The molecule has 1 N–H and O–H groups in total. The number of carbonyl (C=O) groups excluding carboxylic acids is 2. The normalized spacial score (nSPS) is 10.5. The lowest BCUT2D eigenvalue weighted by molar-refractivity contribution is -0.115. The van der Waals surface area contributed by atoms with E-state index < -0.39 is 5.97 Å². The van der Waals surface area contributed by atoms with Gasteiger partial charge in [-0.15, -0.1) is 11.3 Å². The number of nitrogens with zero attached hydrogens (tertiary/aromatic N) is 3. The first-order valence-corrected chi connectivity index (χ1v) is 9.30. The summed E-state index contributed by atoms with van der Waals surface area (Å²) in [5, 5.41) is 9.00. The fourth-order valence-electron chi connectivity index (χ4n) is 2.30. The highest BCUT2D eigenvalue weighted by Gasteiger charge is 2.13. The first-order valence-electron chi connectivity index (χ1n) is 8.42. The lowest BCUT2D eigenvalue weighted by Gasteiger charge is -2.04. The van der Waals surface area contributed by atoms with Gasteiger partial charge in [-0.3, -0.25) is 9.59 Å². The summed E-state index contributed by atoms with van der Waals surface area (Å²) in [6.45, 7) is 1.93. The molecule has 0 fully saturated rings. The molecule has 0 saturated carbocycles. The molecule has 2 aromatic heterocycles. The monoisotopic (exact) mass is 398 g/mol. The van der Waals surface area contributed by atoms with Gasteiger partial charge in [-0.25, -0.2) is 14.5 Å². The third kappa shape index (κ3) is 5.10. The van der Waals surface area contributed by atoms with E-state index in [1.54, 1.807) is 5.38 Å². The minimum absolute atomic E-state index is 0.0371. The van der Waals surface area contributed by atoms with Gasteiger partial charge in [-0.1, -0.05) is 17.7 Å². The van der Waals surface area contributed by atoms with Crippen molar-refractivity contribution in [2.45, 2.75) is 20.0 Å². The molecule has 1 aromatic carbocycles. The standard InChI is InChI=1S/C19H18N4O4S/c1-12-3-5-13(6-4-12)20-16(24)9-17-21-14(11-28-17)10-27-19(26)15-7-8-18(25)23(2)22-15/h3-8,11H,9-10H2,1-2H3,(H,20,24). The highest BCUT2D eigenvalue weighted by molar-refractivity contribution is 7.09. The zero-order chi connectivity index (χ0) is 20.1. The average molecular weight is 398 g/mol. The number of hydrogen-bond acceptors (Lipinski definition) is 7. The van der Waals surface area contributed by atoms with Gasteiger partial charge in [0.15, 0.2) is 5.69 Å².